The number of hydrogen-bond acceptors (Lipinski definition) is 3. The number of carbonyl (C=O) groups excluding carboxylic acids is 2. The van der Waals surface area contributed by atoms with E-state index in [1.165, 1.54) is 10.5 Å². The van der Waals surface area contributed by atoms with E-state index in [2.05, 4.69) is 5.32 Å². The molecular weight excluding hydrogens is 316 g/mol. The van der Waals surface area contributed by atoms with E-state index in [0.717, 1.165) is 11.3 Å². The molecule has 0 fully saturated rings. The minimum Gasteiger partial charge on any atom is -0.493 e. The number of hydrogen-bond donors (Lipinski definition) is 1. The van der Waals surface area contributed by atoms with Gasteiger partial charge in [0.1, 0.15) is 5.75 Å². The minimum absolute atomic E-state index is 0.103. The van der Waals surface area contributed by atoms with Gasteiger partial charge >= 0.3 is 0 Å². The van der Waals surface area contributed by atoms with Crippen molar-refractivity contribution < 1.29 is 14.3 Å². The largest absolute Gasteiger partial charge is 0.493 e. The van der Waals surface area contributed by atoms with Gasteiger partial charge in [-0.05, 0) is 43.7 Å². The lowest BCUT2D eigenvalue weighted by molar-refractivity contribution is -0.116. The number of nitrogens with one attached hydrogen (secondary N) is 1. The molecule has 2 rings (SSSR count). The zero-order valence-electron chi connectivity index (χ0n) is 15.1. The minimum atomic E-state index is -0.154. The Balaban J connectivity index is 1.88. The fourth-order valence-corrected chi connectivity index (χ4v) is 2.43. The summed E-state index contributed by atoms with van der Waals surface area (Å²) in [5.74, 6) is 0.533. The predicted molar refractivity (Wildman–Crippen MR) is 99.1 cm³/mol. The van der Waals surface area contributed by atoms with E-state index < -0.39 is 0 Å². The Morgan fingerprint density at radius 3 is 2.52 bits per heavy atom. The van der Waals surface area contributed by atoms with Crippen LogP contribution in [0.1, 0.15) is 27.9 Å². The van der Waals surface area contributed by atoms with Crippen molar-refractivity contribution in [2.24, 2.45) is 0 Å². The fraction of sp³-hybridized carbons (Fsp3) is 0.300. The quantitative estimate of drug-likeness (QED) is 0.877. The first-order valence-corrected chi connectivity index (χ1v) is 8.18. The highest BCUT2D eigenvalue weighted by Gasteiger charge is 2.10. The molecule has 0 spiro atoms. The molecule has 0 atom stereocenters. The van der Waals surface area contributed by atoms with Crippen LogP contribution in [-0.4, -0.2) is 37.4 Å². The molecule has 2 amide bonds. The zero-order valence-corrected chi connectivity index (χ0v) is 15.1. The molecule has 0 aliphatic rings. The molecule has 1 N–H and O–H groups in total. The topological polar surface area (TPSA) is 58.6 Å². The maximum absolute atomic E-state index is 12.1. The highest BCUT2D eigenvalue weighted by Crippen LogP contribution is 2.19. The number of aryl methyl sites for hydroxylation is 2. The van der Waals surface area contributed by atoms with Crippen molar-refractivity contribution in [2.75, 3.05) is 26.0 Å². The van der Waals surface area contributed by atoms with Crippen LogP contribution in [0.25, 0.3) is 0 Å². The summed E-state index contributed by atoms with van der Waals surface area (Å²) in [5.41, 5.74) is 3.36. The average Bonchev–Trinajstić information content (AvgIpc) is 2.56. The van der Waals surface area contributed by atoms with Crippen LogP contribution >= 0.6 is 0 Å². The monoisotopic (exact) mass is 340 g/mol. The molecule has 0 radical (unpaired) electrons. The second kappa shape index (κ2) is 8.33. The Labute approximate surface area is 148 Å². The maximum atomic E-state index is 12.1. The van der Waals surface area contributed by atoms with E-state index in [1.807, 2.05) is 32.0 Å². The third kappa shape index (κ3) is 5.35. The highest BCUT2D eigenvalue weighted by atomic mass is 16.5. The van der Waals surface area contributed by atoms with E-state index >= 15 is 0 Å². The number of ether oxygens (including phenoxy) is 1. The molecule has 132 valence electrons. The molecule has 2 aromatic rings. The van der Waals surface area contributed by atoms with Crippen LogP contribution in [0.2, 0.25) is 0 Å². The van der Waals surface area contributed by atoms with Gasteiger partial charge in [0.15, 0.2) is 0 Å². The number of anilines is 1. The van der Waals surface area contributed by atoms with Crippen LogP contribution in [0.4, 0.5) is 5.69 Å². The van der Waals surface area contributed by atoms with Crippen molar-refractivity contribution in [1.29, 1.82) is 0 Å². The predicted octanol–water partition coefficient (Wildman–Crippen LogP) is 3.41. The van der Waals surface area contributed by atoms with Crippen molar-refractivity contribution in [3.8, 4) is 5.75 Å². The van der Waals surface area contributed by atoms with Gasteiger partial charge in [-0.2, -0.15) is 0 Å². The number of nitrogens with zero attached hydrogens (tertiary/aromatic N) is 1. The molecule has 0 bridgehead atoms. The summed E-state index contributed by atoms with van der Waals surface area (Å²) in [7, 11) is 3.38. The summed E-state index contributed by atoms with van der Waals surface area (Å²) in [4.78, 5) is 25.5. The number of carbonyl (C=O) groups is 2. The second-order valence-corrected chi connectivity index (χ2v) is 6.20. The van der Waals surface area contributed by atoms with Gasteiger partial charge in [0, 0.05) is 25.3 Å². The van der Waals surface area contributed by atoms with Crippen LogP contribution in [-0.2, 0) is 4.79 Å². The van der Waals surface area contributed by atoms with Gasteiger partial charge in [0.25, 0.3) is 5.91 Å². The second-order valence-electron chi connectivity index (χ2n) is 6.20. The van der Waals surface area contributed by atoms with Crippen molar-refractivity contribution in [3.63, 3.8) is 0 Å². The Hall–Kier alpha value is -2.82. The molecule has 0 aliphatic carbocycles. The third-order valence-electron chi connectivity index (χ3n) is 3.72. The van der Waals surface area contributed by atoms with E-state index in [9.17, 15) is 9.59 Å². The normalized spacial score (nSPS) is 10.2. The van der Waals surface area contributed by atoms with Gasteiger partial charge in [-0.3, -0.25) is 9.59 Å². The molecule has 0 saturated carbocycles. The molecule has 0 saturated heterocycles. The number of rotatable bonds is 6. The van der Waals surface area contributed by atoms with Crippen LogP contribution in [0.3, 0.4) is 0 Å². The van der Waals surface area contributed by atoms with Crippen LogP contribution in [0, 0.1) is 13.8 Å². The lowest BCUT2D eigenvalue weighted by Crippen LogP contribution is -2.22. The molecule has 5 nitrogen and oxygen atoms in total. The SMILES string of the molecule is Cc1ccc(OCCC(=O)Nc2cccc(C(=O)N(C)C)c2)c(C)c1. The molecule has 0 aliphatic heterocycles. The lowest BCUT2D eigenvalue weighted by Gasteiger charge is -2.12. The summed E-state index contributed by atoms with van der Waals surface area (Å²) in [6.07, 6.45) is 0.235. The Bertz CT molecular complexity index is 769. The van der Waals surface area contributed by atoms with Crippen molar-refractivity contribution in [3.05, 3.63) is 59.2 Å². The summed E-state index contributed by atoms with van der Waals surface area (Å²) in [5, 5.41) is 2.80. The summed E-state index contributed by atoms with van der Waals surface area (Å²) < 4.78 is 5.67. The summed E-state index contributed by atoms with van der Waals surface area (Å²) >= 11 is 0. The maximum Gasteiger partial charge on any atom is 0.253 e. The highest BCUT2D eigenvalue weighted by molar-refractivity contribution is 5.97. The van der Waals surface area contributed by atoms with Gasteiger partial charge in [-0.1, -0.05) is 23.8 Å². The van der Waals surface area contributed by atoms with Crippen LogP contribution < -0.4 is 10.1 Å². The molecule has 0 heterocycles. The molecular formula is C20H24N2O3. The lowest BCUT2D eigenvalue weighted by atomic mass is 10.1. The van der Waals surface area contributed by atoms with E-state index in [-0.39, 0.29) is 18.2 Å². The van der Waals surface area contributed by atoms with Gasteiger partial charge in [-0.25, -0.2) is 0 Å². The first-order valence-electron chi connectivity index (χ1n) is 8.18. The molecule has 0 unspecified atom stereocenters. The van der Waals surface area contributed by atoms with E-state index in [0.29, 0.717) is 17.9 Å². The molecule has 25 heavy (non-hydrogen) atoms. The van der Waals surface area contributed by atoms with Crippen LogP contribution in [0.15, 0.2) is 42.5 Å². The van der Waals surface area contributed by atoms with Gasteiger partial charge < -0.3 is 15.0 Å². The smallest absolute Gasteiger partial charge is 0.253 e. The zero-order chi connectivity index (χ0) is 18.4. The number of amides is 2. The summed E-state index contributed by atoms with van der Waals surface area (Å²) in [6, 6.07) is 12.8. The Morgan fingerprint density at radius 1 is 1.08 bits per heavy atom. The Kier molecular flexibility index (Phi) is 6.17. The first kappa shape index (κ1) is 18.5. The van der Waals surface area contributed by atoms with Gasteiger partial charge in [-0.15, -0.1) is 0 Å². The molecule has 5 heteroatoms. The molecule has 0 aromatic heterocycles. The standard InChI is InChI=1S/C20H24N2O3/c1-14-8-9-18(15(2)12-14)25-11-10-19(23)21-17-7-5-6-16(13-17)20(24)22(3)4/h5-9,12-13H,10-11H2,1-4H3,(H,21,23). The Morgan fingerprint density at radius 2 is 1.84 bits per heavy atom. The van der Waals surface area contributed by atoms with E-state index in [1.54, 1.807) is 38.4 Å². The average molecular weight is 340 g/mol. The van der Waals surface area contributed by atoms with E-state index in [4.69, 9.17) is 4.74 Å². The van der Waals surface area contributed by atoms with Crippen molar-refractivity contribution in [2.45, 2.75) is 20.3 Å². The summed E-state index contributed by atoms with van der Waals surface area (Å²) in [6.45, 7) is 4.31. The van der Waals surface area contributed by atoms with Crippen LogP contribution in [0.5, 0.6) is 5.75 Å². The van der Waals surface area contributed by atoms with Crippen molar-refractivity contribution in [1.82, 2.24) is 4.90 Å². The molecule has 2 aromatic carbocycles. The number of benzene rings is 2. The third-order valence-corrected chi connectivity index (χ3v) is 3.72. The van der Waals surface area contributed by atoms with Crippen molar-refractivity contribution >= 4 is 17.5 Å². The fourth-order valence-electron chi connectivity index (χ4n) is 2.43. The first-order chi connectivity index (χ1) is 11.9. The van der Waals surface area contributed by atoms with Gasteiger partial charge in [0.05, 0.1) is 13.0 Å². The van der Waals surface area contributed by atoms with Gasteiger partial charge in [0.2, 0.25) is 5.91 Å².